The van der Waals surface area contributed by atoms with Crippen LogP contribution in [0.15, 0.2) is 127 Å². The van der Waals surface area contributed by atoms with Gasteiger partial charge in [-0.15, -0.1) is 0 Å². The highest BCUT2D eigenvalue weighted by molar-refractivity contribution is 6.99. The fraction of sp³-hybridized carbons (Fsp3) is 0.404. The number of aliphatic hydroxyl groups excluding tert-OH is 1. The highest BCUT2D eigenvalue weighted by Crippen LogP contribution is 2.39. The average molecular weight is 893 g/mol. The number of carbonyl (C=O) groups excluding carboxylic acids is 1. The molecular weight excluding hydrogens is 825 g/mol. The van der Waals surface area contributed by atoms with Crippen LogP contribution in [-0.2, 0) is 23.4 Å². The van der Waals surface area contributed by atoms with Gasteiger partial charge in [-0.05, 0) is 77.5 Å². The van der Waals surface area contributed by atoms with Crippen LogP contribution in [0, 0.1) is 0 Å². The Hall–Kier alpha value is -4.60. The fourth-order valence-electron chi connectivity index (χ4n) is 7.89. The maximum atomic E-state index is 13.6. The van der Waals surface area contributed by atoms with Crippen LogP contribution in [0.2, 0.25) is 30.7 Å². The SMILES string of the molecule is COCOc1cc(OC)cc(/C=C/C[C@@H]2OC(C)(C)O[C@@H]2C(O)/C=C\C(=C\c2ccccc2)[C@H](C)O[Si](c2ccccc2)(c2ccccc2)C(C)(C)C)c1C(=O)OCC[Si](C)(C)C. The smallest absolute Gasteiger partial charge is 0.342 e. The van der Waals surface area contributed by atoms with Crippen LogP contribution in [0.5, 0.6) is 11.5 Å². The third-order valence-electron chi connectivity index (χ3n) is 11.0. The Morgan fingerprint density at radius 3 is 2.05 bits per heavy atom. The summed E-state index contributed by atoms with van der Waals surface area (Å²) in [5, 5.41) is 14.1. The van der Waals surface area contributed by atoms with Crippen LogP contribution < -0.4 is 19.8 Å². The zero-order valence-electron chi connectivity index (χ0n) is 39.1. The molecule has 1 aliphatic rings. The van der Waals surface area contributed by atoms with Gasteiger partial charge in [-0.2, -0.15) is 0 Å². The van der Waals surface area contributed by atoms with Crippen molar-refractivity contribution in [3.63, 3.8) is 0 Å². The lowest BCUT2D eigenvalue weighted by Gasteiger charge is -2.45. The Morgan fingerprint density at radius 2 is 1.49 bits per heavy atom. The lowest BCUT2D eigenvalue weighted by molar-refractivity contribution is -0.152. The maximum absolute atomic E-state index is 13.6. The van der Waals surface area contributed by atoms with Gasteiger partial charge in [0, 0.05) is 21.3 Å². The van der Waals surface area contributed by atoms with Crippen molar-refractivity contribution in [3.05, 3.63) is 144 Å². The molecule has 4 aromatic rings. The molecule has 0 bridgehead atoms. The molecule has 338 valence electrons. The molecule has 11 heteroatoms. The van der Waals surface area contributed by atoms with Gasteiger partial charge in [-0.3, -0.25) is 0 Å². The normalized spacial score (nSPS) is 18.1. The molecule has 5 rings (SSSR count). The monoisotopic (exact) mass is 892 g/mol. The average Bonchev–Trinajstić information content (AvgIpc) is 3.56. The van der Waals surface area contributed by atoms with Crippen molar-refractivity contribution < 1.29 is 42.7 Å². The molecule has 1 unspecified atom stereocenters. The Labute approximate surface area is 377 Å². The Kier molecular flexibility index (Phi) is 17.1. The molecule has 1 saturated heterocycles. The minimum atomic E-state index is -2.93. The predicted molar refractivity (Wildman–Crippen MR) is 259 cm³/mol. The van der Waals surface area contributed by atoms with Gasteiger partial charge in [0.1, 0.15) is 29.3 Å². The molecule has 0 saturated carbocycles. The van der Waals surface area contributed by atoms with E-state index in [1.807, 2.05) is 62.4 Å². The van der Waals surface area contributed by atoms with E-state index in [4.69, 9.17) is 32.8 Å². The fourth-order valence-corrected chi connectivity index (χ4v) is 13.3. The van der Waals surface area contributed by atoms with Gasteiger partial charge < -0.3 is 38.0 Å². The van der Waals surface area contributed by atoms with E-state index >= 15 is 0 Å². The number of hydrogen-bond acceptors (Lipinski definition) is 9. The second-order valence-corrected chi connectivity index (χ2v) is 28.6. The molecule has 4 aromatic carbocycles. The van der Waals surface area contributed by atoms with Gasteiger partial charge >= 0.3 is 5.97 Å². The molecular formula is C52H68O9Si2. The Balaban J connectivity index is 1.45. The van der Waals surface area contributed by atoms with Gasteiger partial charge in [0.05, 0.1) is 25.9 Å². The van der Waals surface area contributed by atoms with Crippen molar-refractivity contribution in [3.8, 4) is 11.5 Å². The van der Waals surface area contributed by atoms with E-state index in [-0.39, 0.29) is 23.5 Å². The van der Waals surface area contributed by atoms with Crippen LogP contribution in [0.25, 0.3) is 12.2 Å². The lowest BCUT2D eigenvalue weighted by atomic mass is 10.0. The summed E-state index contributed by atoms with van der Waals surface area (Å²) >= 11 is 0. The second kappa shape index (κ2) is 21.9. The van der Waals surface area contributed by atoms with E-state index < -0.39 is 46.5 Å². The predicted octanol–water partition coefficient (Wildman–Crippen LogP) is 10.1. The van der Waals surface area contributed by atoms with Gasteiger partial charge in [0.2, 0.25) is 0 Å². The zero-order chi connectivity index (χ0) is 45.8. The largest absolute Gasteiger partial charge is 0.497 e. The van der Waals surface area contributed by atoms with Crippen molar-refractivity contribution >= 4 is 44.9 Å². The maximum Gasteiger partial charge on any atom is 0.342 e. The van der Waals surface area contributed by atoms with Crippen molar-refractivity contribution in [1.29, 1.82) is 0 Å². The van der Waals surface area contributed by atoms with Crippen molar-refractivity contribution in [2.45, 2.75) is 109 Å². The quantitative estimate of drug-likeness (QED) is 0.0402. The van der Waals surface area contributed by atoms with Crippen LogP contribution in [0.4, 0.5) is 0 Å². The highest BCUT2D eigenvalue weighted by Gasteiger charge is 2.51. The minimum absolute atomic E-state index is 0.0620. The summed E-state index contributed by atoms with van der Waals surface area (Å²) in [4.78, 5) is 13.6. The first-order valence-corrected chi connectivity index (χ1v) is 27.4. The number of methoxy groups -OCH3 is 2. The topological polar surface area (TPSA) is 102 Å². The van der Waals surface area contributed by atoms with E-state index in [0.29, 0.717) is 30.1 Å². The molecule has 63 heavy (non-hydrogen) atoms. The first-order valence-electron chi connectivity index (χ1n) is 21.8. The summed E-state index contributed by atoms with van der Waals surface area (Å²) in [6.45, 7) is 19.5. The van der Waals surface area contributed by atoms with E-state index in [0.717, 1.165) is 17.2 Å². The summed E-state index contributed by atoms with van der Waals surface area (Å²) in [6, 6.07) is 35.6. The molecule has 0 amide bonds. The zero-order valence-corrected chi connectivity index (χ0v) is 41.1. The summed E-state index contributed by atoms with van der Waals surface area (Å²) in [5.41, 5.74) is 2.74. The van der Waals surface area contributed by atoms with Gasteiger partial charge in [0.25, 0.3) is 8.32 Å². The van der Waals surface area contributed by atoms with Crippen molar-refractivity contribution in [2.75, 3.05) is 27.6 Å². The van der Waals surface area contributed by atoms with Crippen molar-refractivity contribution in [1.82, 2.24) is 0 Å². The molecule has 9 nitrogen and oxygen atoms in total. The van der Waals surface area contributed by atoms with Crippen LogP contribution in [-0.4, -0.2) is 85.3 Å². The molecule has 4 atom stereocenters. The first-order chi connectivity index (χ1) is 29.9. The summed E-state index contributed by atoms with van der Waals surface area (Å²) in [5.74, 6) is -0.648. The Morgan fingerprint density at radius 1 is 0.889 bits per heavy atom. The number of esters is 1. The third kappa shape index (κ3) is 13.2. The number of aliphatic hydroxyl groups is 1. The van der Waals surface area contributed by atoms with E-state index in [1.165, 1.54) is 17.5 Å². The molecule has 0 aromatic heterocycles. The van der Waals surface area contributed by atoms with Crippen LogP contribution in [0.3, 0.4) is 0 Å². The molecule has 0 aliphatic carbocycles. The van der Waals surface area contributed by atoms with E-state index in [9.17, 15) is 9.90 Å². The molecule has 1 N–H and O–H groups in total. The number of benzene rings is 4. The summed E-state index contributed by atoms with van der Waals surface area (Å²) < 4.78 is 42.7. The Bertz CT molecular complexity index is 2120. The molecule has 0 radical (unpaired) electrons. The van der Waals surface area contributed by atoms with E-state index in [1.54, 1.807) is 25.3 Å². The van der Waals surface area contributed by atoms with E-state index in [2.05, 4.69) is 114 Å². The first kappa shape index (κ1) is 49.4. The third-order valence-corrected chi connectivity index (χ3v) is 17.9. The van der Waals surface area contributed by atoms with Crippen molar-refractivity contribution in [2.24, 2.45) is 0 Å². The number of rotatable bonds is 20. The minimum Gasteiger partial charge on any atom is -0.497 e. The van der Waals surface area contributed by atoms with Crippen LogP contribution >= 0.6 is 0 Å². The van der Waals surface area contributed by atoms with Crippen LogP contribution in [0.1, 0.15) is 69.4 Å². The standard InChI is InChI=1S/C52H68O9Si2/c1-38(61-63(51(2,3)4,43-25-17-13-18-26-43)44-27-19-14-20-28-44)40(34-39-22-15-12-16-23-39)30-31-45(53)49-46(59-52(5,6)60-49)29-21-24-41-35-42(56-8)36-47(58-37-55-7)48(41)50(54)57-32-33-62(9,10)11/h12-28,30-31,34-36,38,45-46,49,53H,29,32-33,37H2,1-11H3/b24-21+,31-30-,40-34-/t38-,45?,46-,49+/m0/s1. The summed E-state index contributed by atoms with van der Waals surface area (Å²) in [7, 11) is -1.30. The second-order valence-electron chi connectivity index (χ2n) is 18.7. The molecule has 1 heterocycles. The number of ether oxygens (including phenoxy) is 6. The molecule has 1 aliphatic heterocycles. The number of carbonyl (C=O) groups is 1. The lowest BCUT2D eigenvalue weighted by Crippen LogP contribution is -2.67. The molecule has 1 fully saturated rings. The van der Waals surface area contributed by atoms with Gasteiger partial charge in [0.15, 0.2) is 12.6 Å². The van der Waals surface area contributed by atoms with Gasteiger partial charge in [-0.25, -0.2) is 4.79 Å². The molecule has 0 spiro atoms. The summed E-state index contributed by atoms with van der Waals surface area (Å²) in [6.07, 6.45) is 7.34. The number of hydrogen-bond donors (Lipinski definition) is 1. The van der Waals surface area contributed by atoms with Gasteiger partial charge in [-0.1, -0.05) is 156 Å². The highest BCUT2D eigenvalue weighted by atomic mass is 28.4.